The van der Waals surface area contributed by atoms with Gasteiger partial charge >= 0.3 is 0 Å². The Labute approximate surface area is 534 Å². The number of hydrogen-bond donors (Lipinski definition) is 0. The normalized spacial score (nSPS) is 29.9. The van der Waals surface area contributed by atoms with Gasteiger partial charge in [0.15, 0.2) is 0 Å². The molecule has 0 aliphatic heterocycles. The van der Waals surface area contributed by atoms with E-state index in [-0.39, 0.29) is 37.1 Å². The monoisotopic (exact) mass is 1600 g/mol. The third-order valence-electron chi connectivity index (χ3n) is 12.3. The lowest BCUT2D eigenvalue weighted by Gasteiger charge is -2.49. The van der Waals surface area contributed by atoms with E-state index < -0.39 is 261 Å². The molecule has 4 aliphatic carbocycles. The summed E-state index contributed by atoms with van der Waals surface area (Å²) in [4.78, 5) is 0.875. The molecule has 0 radical (unpaired) electrons. The van der Waals surface area contributed by atoms with Crippen molar-refractivity contribution < 1.29 is 206 Å². The molecule has 0 spiro atoms. The highest BCUT2D eigenvalue weighted by molar-refractivity contribution is 7.83. The average Bonchev–Trinajstić information content (AvgIpc) is 0.766. The maximum atomic E-state index is 12.2. The van der Waals surface area contributed by atoms with Crippen molar-refractivity contribution in [2.24, 2.45) is 0 Å². The SMILES string of the molecule is O=S(=O)([O-])O[C@H]1[C@H](OS(=O)(=O)[O-])[C@@H](N(CCCCCCCCN([C@H]2C=C[C@@H](OS(=O)(=O)[O-])[C@@H](OS(=O)(=O)[O-])[C@@H]2OS(=O)(=O)[O-])[C@H]2C=C[C@@H](OS(=O)(=O)[O-])[C@@H](OS(=O)(=O)[O-])[C@@H]2OS(=O)(=O)[O-])[C@H]2C=C[C@@H](OS(=O)(=O)[O-])[C@@H](OS(=O)(=O)[O-])[C@@H]2OS(=O)(=O)[O-])C=C[C@H]1OS(=O)(=O)[O-]. The van der Waals surface area contributed by atoms with Gasteiger partial charge in [0.05, 0.1) is 24.2 Å². The summed E-state index contributed by atoms with van der Waals surface area (Å²) in [7, 11) is -75.5. The first-order valence-electron chi connectivity index (χ1n) is 24.0. The second kappa shape index (κ2) is 31.5. The quantitative estimate of drug-likeness (QED) is 0.0241. The van der Waals surface area contributed by atoms with Crippen LogP contribution in [0.4, 0.5) is 0 Å². The second-order valence-corrected chi connectivity index (χ2v) is 30.8. The van der Waals surface area contributed by atoms with Gasteiger partial charge in [-0.15, -0.1) is 0 Å². The molecule has 550 valence electrons. The summed E-state index contributed by atoms with van der Waals surface area (Å²) in [5, 5.41) is 0. The predicted molar refractivity (Wildman–Crippen MR) is 268 cm³/mol. The van der Waals surface area contributed by atoms with Crippen LogP contribution in [-0.4, -0.2) is 276 Å². The van der Waals surface area contributed by atoms with E-state index in [0.717, 1.165) is 0 Å². The molecule has 62 heteroatoms. The number of unbranched alkanes of at least 4 members (excludes halogenated alkanes) is 5. The molecular formula is C32H40N2O48S12-12. The van der Waals surface area contributed by atoms with E-state index in [4.69, 9.17) is 0 Å². The molecule has 0 bridgehead atoms. The summed E-state index contributed by atoms with van der Waals surface area (Å²) in [6.45, 7) is -2.06. The molecule has 0 heterocycles. The highest BCUT2D eigenvalue weighted by atomic mass is 32.3. The first kappa shape index (κ1) is 83.7. The molecule has 0 aromatic heterocycles. The third kappa shape index (κ3) is 30.0. The molecule has 0 aromatic rings. The molecule has 0 saturated heterocycles. The van der Waals surface area contributed by atoms with Crippen LogP contribution in [0.25, 0.3) is 0 Å². The van der Waals surface area contributed by atoms with Gasteiger partial charge in [-0.2, -0.15) is 0 Å². The maximum Gasteiger partial charge on any atom is 0.218 e. The number of nitrogens with zero attached hydrogens (tertiary/aromatic N) is 2. The van der Waals surface area contributed by atoms with Crippen molar-refractivity contribution >= 4 is 125 Å². The Bertz CT molecular complexity index is 3710. The van der Waals surface area contributed by atoms with E-state index >= 15 is 0 Å². The van der Waals surface area contributed by atoms with Crippen LogP contribution >= 0.6 is 0 Å². The lowest BCUT2D eigenvalue weighted by molar-refractivity contribution is -0.0834. The van der Waals surface area contributed by atoms with Crippen molar-refractivity contribution in [3.63, 3.8) is 0 Å². The molecule has 0 fully saturated rings. The summed E-state index contributed by atoms with van der Waals surface area (Å²) in [6, 6.07) is -10.0. The molecule has 94 heavy (non-hydrogen) atoms. The zero-order chi connectivity index (χ0) is 72.2. The molecule has 4 aliphatic rings. The van der Waals surface area contributed by atoms with Crippen LogP contribution in [0.2, 0.25) is 0 Å². The summed E-state index contributed by atoms with van der Waals surface area (Å²) in [6.07, 6.45) is -36.4. The summed E-state index contributed by atoms with van der Waals surface area (Å²) < 4.78 is 481. The minimum Gasteiger partial charge on any atom is -0.726 e. The van der Waals surface area contributed by atoms with Crippen molar-refractivity contribution in [1.82, 2.24) is 9.80 Å². The van der Waals surface area contributed by atoms with Gasteiger partial charge < -0.3 is 54.6 Å². The van der Waals surface area contributed by atoms with Crippen molar-refractivity contribution in [1.29, 1.82) is 0 Å². The Morgan fingerprint density at radius 1 is 0.202 bits per heavy atom. The first-order chi connectivity index (χ1) is 42.1. The Balaban J connectivity index is 1.89. The van der Waals surface area contributed by atoms with Gasteiger partial charge in [0.25, 0.3) is 0 Å². The van der Waals surface area contributed by atoms with Gasteiger partial charge in [-0.3, -0.25) is 60.0 Å². The van der Waals surface area contributed by atoms with Crippen LogP contribution < -0.4 is 0 Å². The fraction of sp³-hybridized carbons (Fsp3) is 0.750. The maximum absolute atomic E-state index is 12.2. The summed E-state index contributed by atoms with van der Waals surface area (Å²) in [5.74, 6) is 0. The topological polar surface area (TPSA) is 804 Å². The lowest BCUT2D eigenvalue weighted by atomic mass is 9.87. The van der Waals surface area contributed by atoms with E-state index in [9.17, 15) is 156 Å². The van der Waals surface area contributed by atoms with Gasteiger partial charge in [0, 0.05) is 0 Å². The molecule has 0 N–H and O–H groups in total. The Kier molecular flexibility index (Phi) is 28.0. The summed E-state index contributed by atoms with van der Waals surface area (Å²) in [5.41, 5.74) is 0. The highest BCUT2D eigenvalue weighted by Crippen LogP contribution is 2.38. The van der Waals surface area contributed by atoms with E-state index in [0.29, 0.717) is 34.1 Å². The molecular weight excluding hydrogens is 1570 g/mol. The fourth-order valence-electron chi connectivity index (χ4n) is 9.65. The average molecular weight is 1610 g/mol. The van der Waals surface area contributed by atoms with Gasteiger partial charge in [0.1, 0.15) is 73.2 Å². The van der Waals surface area contributed by atoms with Crippen LogP contribution in [0.1, 0.15) is 38.5 Å². The number of hydrogen-bond acceptors (Lipinski definition) is 50. The van der Waals surface area contributed by atoms with E-state index in [2.05, 4.69) is 50.2 Å². The standard InChI is InChI=1S/C32H52N2O48S12/c35-83(36,37)71-21-11-7-17(25(75-87(47,48)49)29(21)79-91(59,60)61)33(18-8-12-22(72-84(38,39)40)30(80-92(62,63)64)26(18)76-88(50,51)52)15-5-3-1-2-4-6-16-34(19-9-13-23(73-85(41,42)43)31(81-93(65,66)67)27(19)77-89(53,54)55)20-10-14-24(74-86(44,45)46)32(82-94(68,69)70)28(20)78-90(56,57)58/h7-14,17-32H,1-6,15-16H2,(H,35,36,37)(H,38,39,40)(H,41,42,43)(H,44,45,46)(H,47,48,49)(H,50,51,52)(H,53,54,55)(H,56,57,58)(H,59,60,61)(H,62,63,64)(H,65,66,67)(H,68,69,70)/p-12/t17-,18-,19-,20-,21+,22+,23+,24+,25+,26+,27+,28+,29+,30+,31+,32+/m0/s1. The molecule has 0 saturated carbocycles. The molecule has 0 amide bonds. The molecule has 50 nitrogen and oxygen atoms in total. The Morgan fingerprint density at radius 2 is 0.340 bits per heavy atom. The molecule has 0 aromatic carbocycles. The smallest absolute Gasteiger partial charge is 0.218 e. The zero-order valence-electron chi connectivity index (χ0n) is 44.9. The zero-order valence-corrected chi connectivity index (χ0v) is 54.7. The molecule has 4 rings (SSSR count). The molecule has 16 atom stereocenters. The van der Waals surface area contributed by atoms with Gasteiger partial charge in [-0.1, -0.05) is 74.3 Å². The van der Waals surface area contributed by atoms with Crippen molar-refractivity contribution in [3.8, 4) is 0 Å². The van der Waals surface area contributed by atoms with Crippen LogP contribution in [-0.2, 0) is 175 Å². The van der Waals surface area contributed by atoms with Crippen molar-refractivity contribution in [2.75, 3.05) is 13.1 Å². The number of rotatable bonds is 37. The fourth-order valence-corrected chi connectivity index (χ4v) is 15.4. The van der Waals surface area contributed by atoms with Crippen LogP contribution in [0, 0.1) is 0 Å². The third-order valence-corrected chi connectivity index (χ3v) is 17.8. The van der Waals surface area contributed by atoms with Crippen LogP contribution in [0.3, 0.4) is 0 Å². The van der Waals surface area contributed by atoms with Gasteiger partial charge in [-0.05, 0) is 25.9 Å². The summed E-state index contributed by atoms with van der Waals surface area (Å²) >= 11 is 0. The van der Waals surface area contributed by atoms with Gasteiger partial charge in [0.2, 0.25) is 125 Å². The Hall–Kier alpha value is -2.68. The van der Waals surface area contributed by atoms with Crippen LogP contribution in [0.5, 0.6) is 0 Å². The largest absolute Gasteiger partial charge is 0.726 e. The van der Waals surface area contributed by atoms with E-state index in [1.807, 2.05) is 0 Å². The van der Waals surface area contributed by atoms with E-state index in [1.165, 1.54) is 0 Å². The van der Waals surface area contributed by atoms with E-state index in [1.54, 1.807) is 0 Å². The Morgan fingerprint density at radius 3 is 0.489 bits per heavy atom. The minimum absolute atomic E-state index is 0.264. The van der Waals surface area contributed by atoms with Crippen molar-refractivity contribution in [3.05, 3.63) is 48.6 Å². The second-order valence-electron chi connectivity index (χ2n) is 18.7. The predicted octanol–water partition coefficient (Wildman–Crippen LogP) is -10.2. The minimum atomic E-state index is -6.40. The lowest BCUT2D eigenvalue weighted by Crippen LogP contribution is -2.64. The first-order valence-corrected chi connectivity index (χ1v) is 40.0. The molecule has 0 unspecified atom stereocenters. The highest BCUT2D eigenvalue weighted by Gasteiger charge is 2.53. The van der Waals surface area contributed by atoms with Crippen molar-refractivity contribution in [2.45, 2.75) is 136 Å². The van der Waals surface area contributed by atoms with Gasteiger partial charge in [-0.25, -0.2) is 101 Å². The van der Waals surface area contributed by atoms with Crippen LogP contribution in [0.15, 0.2) is 48.6 Å².